The van der Waals surface area contributed by atoms with E-state index in [1.165, 1.54) is 0 Å². The predicted molar refractivity (Wildman–Crippen MR) is 101 cm³/mol. The minimum Gasteiger partial charge on any atom is -0.481 e. The van der Waals surface area contributed by atoms with Crippen LogP contribution in [0.2, 0.25) is 0 Å². The first kappa shape index (κ1) is 20.4. The van der Waals surface area contributed by atoms with Gasteiger partial charge in [-0.05, 0) is 44.4 Å². The Kier molecular flexibility index (Phi) is 7.34. The van der Waals surface area contributed by atoms with Gasteiger partial charge < -0.3 is 15.2 Å². The normalized spacial score (nSPS) is 19.9. The molecule has 1 aliphatic carbocycles. The molecule has 0 saturated heterocycles. The van der Waals surface area contributed by atoms with E-state index in [4.69, 9.17) is 4.74 Å². The summed E-state index contributed by atoms with van der Waals surface area (Å²) in [6.45, 7) is 3.67. The van der Waals surface area contributed by atoms with Crippen molar-refractivity contribution in [2.75, 3.05) is 11.9 Å². The SMILES string of the molecule is CCOC(=O)N/N=C(/C)c1cccc(NC(=O)[C@@H]2CCCC[C@@H]2C(=O)O)c1. The fourth-order valence-corrected chi connectivity index (χ4v) is 3.15. The smallest absolute Gasteiger partial charge is 0.427 e. The number of benzene rings is 1. The van der Waals surface area contributed by atoms with E-state index in [1.54, 1.807) is 38.1 Å². The second-order valence-electron chi connectivity index (χ2n) is 6.44. The van der Waals surface area contributed by atoms with Crippen LogP contribution in [0.15, 0.2) is 29.4 Å². The summed E-state index contributed by atoms with van der Waals surface area (Å²) in [5, 5.41) is 16.1. The Labute approximate surface area is 158 Å². The number of nitrogens with one attached hydrogen (secondary N) is 2. The number of nitrogens with zero attached hydrogens (tertiary/aromatic N) is 1. The molecule has 1 aliphatic rings. The second kappa shape index (κ2) is 9.70. The van der Waals surface area contributed by atoms with Gasteiger partial charge >= 0.3 is 12.1 Å². The van der Waals surface area contributed by atoms with Crippen LogP contribution in [0.5, 0.6) is 0 Å². The lowest BCUT2D eigenvalue weighted by molar-refractivity contribution is -0.147. The number of hydrogen-bond donors (Lipinski definition) is 3. The molecule has 0 aliphatic heterocycles. The van der Waals surface area contributed by atoms with E-state index >= 15 is 0 Å². The van der Waals surface area contributed by atoms with Crippen LogP contribution in [0.1, 0.15) is 45.1 Å². The van der Waals surface area contributed by atoms with Crippen LogP contribution in [0.4, 0.5) is 10.5 Å². The number of anilines is 1. The van der Waals surface area contributed by atoms with Crippen molar-refractivity contribution in [2.24, 2.45) is 16.9 Å². The number of amides is 2. The van der Waals surface area contributed by atoms with Gasteiger partial charge in [0.2, 0.25) is 5.91 Å². The van der Waals surface area contributed by atoms with Crippen molar-refractivity contribution in [3.63, 3.8) is 0 Å². The molecule has 146 valence electrons. The van der Waals surface area contributed by atoms with Crippen molar-refractivity contribution in [1.82, 2.24) is 5.43 Å². The summed E-state index contributed by atoms with van der Waals surface area (Å²) in [5.74, 6) is -2.37. The van der Waals surface area contributed by atoms with Crippen molar-refractivity contribution in [3.8, 4) is 0 Å². The quantitative estimate of drug-likeness (QED) is 0.522. The van der Waals surface area contributed by atoms with E-state index in [2.05, 4.69) is 15.8 Å². The topological polar surface area (TPSA) is 117 Å². The minimum absolute atomic E-state index is 0.250. The van der Waals surface area contributed by atoms with E-state index in [0.717, 1.165) is 12.8 Å². The third kappa shape index (κ3) is 5.80. The molecule has 2 rings (SSSR count). The fourth-order valence-electron chi connectivity index (χ4n) is 3.15. The fraction of sp³-hybridized carbons (Fsp3) is 0.474. The molecule has 0 aromatic heterocycles. The van der Waals surface area contributed by atoms with Crippen LogP contribution in [-0.2, 0) is 14.3 Å². The highest BCUT2D eigenvalue weighted by Gasteiger charge is 2.35. The Hall–Kier alpha value is -2.90. The molecule has 0 unspecified atom stereocenters. The molecule has 2 atom stereocenters. The van der Waals surface area contributed by atoms with Gasteiger partial charge in [0.25, 0.3) is 0 Å². The van der Waals surface area contributed by atoms with Gasteiger partial charge in [0, 0.05) is 5.69 Å². The highest BCUT2D eigenvalue weighted by atomic mass is 16.5. The van der Waals surface area contributed by atoms with Crippen LogP contribution in [0, 0.1) is 11.8 Å². The Morgan fingerprint density at radius 3 is 2.59 bits per heavy atom. The highest BCUT2D eigenvalue weighted by molar-refractivity contribution is 6.01. The van der Waals surface area contributed by atoms with Gasteiger partial charge in [-0.2, -0.15) is 5.10 Å². The molecular formula is C19H25N3O5. The molecule has 8 nitrogen and oxygen atoms in total. The summed E-state index contributed by atoms with van der Waals surface area (Å²) in [4.78, 5) is 35.3. The maximum Gasteiger partial charge on any atom is 0.427 e. The zero-order valence-electron chi connectivity index (χ0n) is 15.5. The van der Waals surface area contributed by atoms with E-state index in [0.29, 0.717) is 29.8 Å². The van der Waals surface area contributed by atoms with Crippen LogP contribution in [0.3, 0.4) is 0 Å². The molecule has 0 bridgehead atoms. The van der Waals surface area contributed by atoms with Gasteiger partial charge in [0.15, 0.2) is 0 Å². The number of carbonyl (C=O) groups is 3. The summed E-state index contributed by atoms with van der Waals surface area (Å²) in [6, 6.07) is 7.00. The average molecular weight is 375 g/mol. The zero-order chi connectivity index (χ0) is 19.8. The number of aliphatic carboxylic acids is 1. The van der Waals surface area contributed by atoms with Gasteiger partial charge in [0.1, 0.15) is 0 Å². The summed E-state index contributed by atoms with van der Waals surface area (Å²) in [6.07, 6.45) is 2.15. The molecule has 27 heavy (non-hydrogen) atoms. The first-order valence-electron chi connectivity index (χ1n) is 9.03. The predicted octanol–water partition coefficient (Wildman–Crippen LogP) is 2.99. The number of rotatable bonds is 6. The Balaban J connectivity index is 2.06. The first-order valence-corrected chi connectivity index (χ1v) is 9.03. The minimum atomic E-state index is -0.920. The lowest BCUT2D eigenvalue weighted by atomic mass is 9.78. The van der Waals surface area contributed by atoms with Crippen LogP contribution in [0.25, 0.3) is 0 Å². The van der Waals surface area contributed by atoms with Crippen LogP contribution < -0.4 is 10.7 Å². The molecule has 8 heteroatoms. The molecule has 2 amide bonds. The largest absolute Gasteiger partial charge is 0.481 e. The molecule has 1 aromatic rings. The monoisotopic (exact) mass is 375 g/mol. The van der Waals surface area contributed by atoms with Crippen molar-refractivity contribution < 1.29 is 24.2 Å². The number of hydrazone groups is 1. The summed E-state index contributed by atoms with van der Waals surface area (Å²) < 4.78 is 4.74. The summed E-state index contributed by atoms with van der Waals surface area (Å²) >= 11 is 0. The average Bonchev–Trinajstić information content (AvgIpc) is 2.66. The summed E-state index contributed by atoms with van der Waals surface area (Å²) in [7, 11) is 0. The molecule has 3 N–H and O–H groups in total. The third-order valence-electron chi connectivity index (χ3n) is 4.56. The Bertz CT molecular complexity index is 732. The molecule has 1 aromatic carbocycles. The molecule has 0 heterocycles. The van der Waals surface area contributed by atoms with E-state index in [9.17, 15) is 19.5 Å². The first-order chi connectivity index (χ1) is 12.9. The number of carboxylic acids is 1. The number of ether oxygens (including phenoxy) is 1. The number of hydrogen-bond acceptors (Lipinski definition) is 5. The van der Waals surface area contributed by atoms with Gasteiger partial charge in [0.05, 0.1) is 24.2 Å². The zero-order valence-corrected chi connectivity index (χ0v) is 15.5. The van der Waals surface area contributed by atoms with Crippen molar-refractivity contribution in [3.05, 3.63) is 29.8 Å². The van der Waals surface area contributed by atoms with Crippen LogP contribution >= 0.6 is 0 Å². The number of carbonyl (C=O) groups excluding carboxylic acids is 2. The third-order valence-corrected chi connectivity index (χ3v) is 4.56. The van der Waals surface area contributed by atoms with Gasteiger partial charge in [-0.1, -0.05) is 25.0 Å². The van der Waals surface area contributed by atoms with Gasteiger partial charge in [-0.3, -0.25) is 9.59 Å². The molecule has 1 fully saturated rings. The van der Waals surface area contributed by atoms with E-state index in [-0.39, 0.29) is 12.5 Å². The maximum atomic E-state index is 12.6. The lowest BCUT2D eigenvalue weighted by Gasteiger charge is -2.27. The van der Waals surface area contributed by atoms with Crippen molar-refractivity contribution in [1.29, 1.82) is 0 Å². The molecule has 1 saturated carbocycles. The summed E-state index contributed by atoms with van der Waals surface area (Å²) in [5.41, 5.74) is 4.09. The standard InChI is InChI=1S/C19H25N3O5/c1-3-27-19(26)22-21-12(2)13-7-6-8-14(11-13)20-17(23)15-9-4-5-10-16(15)18(24)25/h6-8,11,15-16H,3-5,9-10H2,1-2H3,(H,20,23)(H,22,26)(H,24,25)/b21-12-/t15-,16+/m1/s1. The molecular weight excluding hydrogens is 350 g/mol. The lowest BCUT2D eigenvalue weighted by Crippen LogP contribution is -2.36. The van der Waals surface area contributed by atoms with Crippen molar-refractivity contribution >= 4 is 29.4 Å². The Morgan fingerprint density at radius 1 is 1.22 bits per heavy atom. The van der Waals surface area contributed by atoms with Gasteiger partial charge in [-0.25, -0.2) is 10.2 Å². The molecule has 0 spiro atoms. The van der Waals surface area contributed by atoms with Gasteiger partial charge in [-0.15, -0.1) is 0 Å². The van der Waals surface area contributed by atoms with E-state index < -0.39 is 23.9 Å². The van der Waals surface area contributed by atoms with Crippen molar-refractivity contribution in [2.45, 2.75) is 39.5 Å². The second-order valence-corrected chi connectivity index (χ2v) is 6.44. The maximum absolute atomic E-state index is 12.6. The molecule has 0 radical (unpaired) electrons. The highest BCUT2D eigenvalue weighted by Crippen LogP contribution is 2.31. The Morgan fingerprint density at radius 2 is 1.93 bits per heavy atom. The van der Waals surface area contributed by atoms with Crippen LogP contribution in [-0.4, -0.2) is 35.4 Å². The number of carboxylic acid groups (broad SMARTS) is 1. The van der Waals surface area contributed by atoms with E-state index in [1.807, 2.05) is 0 Å².